The van der Waals surface area contributed by atoms with Crippen molar-refractivity contribution in [3.8, 4) is 5.75 Å². The lowest BCUT2D eigenvalue weighted by atomic mass is 9.89. The summed E-state index contributed by atoms with van der Waals surface area (Å²) in [6.45, 7) is 3.39. The predicted octanol–water partition coefficient (Wildman–Crippen LogP) is 1.67. The van der Waals surface area contributed by atoms with Crippen LogP contribution in [0.3, 0.4) is 0 Å². The minimum atomic E-state index is 0.175. The summed E-state index contributed by atoms with van der Waals surface area (Å²) in [6, 6.07) is 5.71. The maximum atomic E-state index is 12.4. The molecule has 1 saturated heterocycles. The molecule has 0 atom stereocenters. The van der Waals surface area contributed by atoms with Gasteiger partial charge in [-0.15, -0.1) is 0 Å². The van der Waals surface area contributed by atoms with Gasteiger partial charge in [0.15, 0.2) is 5.78 Å². The third-order valence-electron chi connectivity index (χ3n) is 3.65. The Labute approximate surface area is 107 Å². The number of carbonyl (C=O) groups is 1. The van der Waals surface area contributed by atoms with Gasteiger partial charge in [-0.1, -0.05) is 0 Å². The van der Waals surface area contributed by atoms with E-state index in [0.29, 0.717) is 6.61 Å². The van der Waals surface area contributed by atoms with Gasteiger partial charge in [0.25, 0.3) is 0 Å². The number of benzene rings is 1. The lowest BCUT2D eigenvalue weighted by molar-refractivity contribution is 0.0895. The average Bonchev–Trinajstić information content (AvgIpc) is 2.47. The fraction of sp³-hybridized carbons (Fsp3) is 0.500. The topological polar surface area (TPSA) is 50.4 Å². The normalized spacial score (nSPS) is 19.6. The Kier molecular flexibility index (Phi) is 3.19. The highest BCUT2D eigenvalue weighted by atomic mass is 16.5. The summed E-state index contributed by atoms with van der Waals surface area (Å²) in [5.41, 5.74) is 1.75. The van der Waals surface area contributed by atoms with Crippen LogP contribution in [0.1, 0.15) is 23.2 Å². The van der Waals surface area contributed by atoms with Gasteiger partial charge in [-0.25, -0.2) is 0 Å². The van der Waals surface area contributed by atoms with Crippen molar-refractivity contribution in [3.63, 3.8) is 0 Å². The fourth-order valence-corrected chi connectivity index (χ4v) is 2.61. The summed E-state index contributed by atoms with van der Waals surface area (Å²) in [6.07, 6.45) is 1.89. The smallest absolute Gasteiger partial charge is 0.166 e. The first kappa shape index (κ1) is 11.5. The van der Waals surface area contributed by atoms with E-state index in [2.05, 4.69) is 10.6 Å². The Balaban J connectivity index is 1.80. The molecule has 0 amide bonds. The fourth-order valence-electron chi connectivity index (χ4n) is 2.61. The molecule has 2 heterocycles. The summed E-state index contributed by atoms with van der Waals surface area (Å²) in [7, 11) is 0. The van der Waals surface area contributed by atoms with Crippen LogP contribution in [0.5, 0.6) is 5.75 Å². The number of hydrogen-bond acceptors (Lipinski definition) is 4. The third kappa shape index (κ3) is 2.20. The molecule has 4 heteroatoms. The van der Waals surface area contributed by atoms with E-state index in [0.717, 1.165) is 49.5 Å². The van der Waals surface area contributed by atoms with Crippen LogP contribution in [0, 0.1) is 5.92 Å². The largest absolute Gasteiger partial charge is 0.490 e. The summed E-state index contributed by atoms with van der Waals surface area (Å²) < 4.78 is 5.52. The molecule has 0 spiro atoms. The van der Waals surface area contributed by atoms with Gasteiger partial charge in [0, 0.05) is 18.0 Å². The molecule has 0 unspecified atom stereocenters. The highest BCUT2D eigenvalue weighted by Gasteiger charge is 2.23. The maximum Gasteiger partial charge on any atom is 0.166 e. The zero-order valence-electron chi connectivity index (χ0n) is 10.4. The molecule has 0 radical (unpaired) electrons. The molecule has 0 aliphatic carbocycles. The highest BCUT2D eigenvalue weighted by Crippen LogP contribution is 2.29. The lowest BCUT2D eigenvalue weighted by Crippen LogP contribution is -2.32. The molecular formula is C14H18N2O2. The molecule has 2 N–H and O–H groups in total. The van der Waals surface area contributed by atoms with Gasteiger partial charge in [0.1, 0.15) is 12.4 Å². The quantitative estimate of drug-likeness (QED) is 0.779. The second-order valence-electron chi connectivity index (χ2n) is 4.87. The standard InChI is InChI=1S/C14H18N2O2/c17-14(10-3-5-15-6-4-10)11-1-2-13-12(9-11)16-7-8-18-13/h1-2,9-10,15-16H,3-8H2. The van der Waals surface area contributed by atoms with Crippen molar-refractivity contribution >= 4 is 11.5 Å². The molecular weight excluding hydrogens is 228 g/mol. The third-order valence-corrected chi connectivity index (χ3v) is 3.65. The summed E-state index contributed by atoms with van der Waals surface area (Å²) in [4.78, 5) is 12.4. The van der Waals surface area contributed by atoms with Crippen molar-refractivity contribution in [1.29, 1.82) is 0 Å². The van der Waals surface area contributed by atoms with Crippen molar-refractivity contribution < 1.29 is 9.53 Å². The number of hydrogen-bond donors (Lipinski definition) is 2. The highest BCUT2D eigenvalue weighted by molar-refractivity contribution is 5.99. The van der Waals surface area contributed by atoms with E-state index in [-0.39, 0.29) is 11.7 Å². The van der Waals surface area contributed by atoms with E-state index >= 15 is 0 Å². The van der Waals surface area contributed by atoms with E-state index in [9.17, 15) is 4.79 Å². The van der Waals surface area contributed by atoms with E-state index < -0.39 is 0 Å². The van der Waals surface area contributed by atoms with Gasteiger partial charge in [0.05, 0.1) is 5.69 Å². The van der Waals surface area contributed by atoms with Gasteiger partial charge < -0.3 is 15.4 Å². The van der Waals surface area contributed by atoms with E-state index in [4.69, 9.17) is 4.74 Å². The van der Waals surface area contributed by atoms with E-state index in [1.807, 2.05) is 18.2 Å². The molecule has 1 aromatic carbocycles. The Hall–Kier alpha value is -1.55. The molecule has 0 bridgehead atoms. The molecule has 1 fully saturated rings. The van der Waals surface area contributed by atoms with Crippen molar-refractivity contribution in [2.24, 2.45) is 5.92 Å². The van der Waals surface area contributed by atoms with Gasteiger partial charge >= 0.3 is 0 Å². The number of piperidine rings is 1. The minimum Gasteiger partial charge on any atom is -0.490 e. The second kappa shape index (κ2) is 4.98. The monoisotopic (exact) mass is 246 g/mol. The van der Waals surface area contributed by atoms with Crippen LogP contribution in [0.15, 0.2) is 18.2 Å². The van der Waals surface area contributed by atoms with Gasteiger partial charge in [0.2, 0.25) is 0 Å². The first-order valence-electron chi connectivity index (χ1n) is 6.60. The Bertz CT molecular complexity index is 453. The SMILES string of the molecule is O=C(c1ccc2c(c1)NCCO2)C1CCNCC1. The van der Waals surface area contributed by atoms with Gasteiger partial charge in [-0.2, -0.15) is 0 Å². The number of fused-ring (bicyclic) bond motifs is 1. The number of rotatable bonds is 2. The molecule has 18 heavy (non-hydrogen) atoms. The Morgan fingerprint density at radius 3 is 2.89 bits per heavy atom. The number of anilines is 1. The molecule has 0 saturated carbocycles. The van der Waals surface area contributed by atoms with Gasteiger partial charge in [-0.05, 0) is 44.1 Å². The molecule has 2 aliphatic heterocycles. The van der Waals surface area contributed by atoms with Crippen molar-refractivity contribution in [2.75, 3.05) is 31.6 Å². The average molecular weight is 246 g/mol. The summed E-state index contributed by atoms with van der Waals surface area (Å²) in [5.74, 6) is 1.29. The van der Waals surface area contributed by atoms with Crippen LogP contribution in [-0.4, -0.2) is 32.0 Å². The van der Waals surface area contributed by atoms with E-state index in [1.54, 1.807) is 0 Å². The molecule has 96 valence electrons. The Morgan fingerprint density at radius 2 is 2.06 bits per heavy atom. The first-order chi connectivity index (χ1) is 8.84. The molecule has 3 rings (SSSR count). The molecule has 2 aliphatic rings. The second-order valence-corrected chi connectivity index (χ2v) is 4.87. The van der Waals surface area contributed by atoms with Crippen LogP contribution >= 0.6 is 0 Å². The van der Waals surface area contributed by atoms with Crippen LogP contribution < -0.4 is 15.4 Å². The van der Waals surface area contributed by atoms with Crippen LogP contribution in [0.4, 0.5) is 5.69 Å². The van der Waals surface area contributed by atoms with Gasteiger partial charge in [-0.3, -0.25) is 4.79 Å². The van der Waals surface area contributed by atoms with Crippen molar-refractivity contribution in [3.05, 3.63) is 23.8 Å². The number of Topliss-reactive ketones (excluding diaryl/α,β-unsaturated/α-hetero) is 1. The maximum absolute atomic E-state index is 12.4. The zero-order chi connectivity index (χ0) is 12.4. The number of ketones is 1. The molecule has 0 aromatic heterocycles. The van der Waals surface area contributed by atoms with Crippen molar-refractivity contribution in [2.45, 2.75) is 12.8 Å². The van der Waals surface area contributed by atoms with Crippen LogP contribution in [0.2, 0.25) is 0 Å². The van der Waals surface area contributed by atoms with Crippen LogP contribution in [0.25, 0.3) is 0 Å². The molecule has 1 aromatic rings. The number of carbonyl (C=O) groups excluding carboxylic acids is 1. The van der Waals surface area contributed by atoms with Crippen molar-refractivity contribution in [1.82, 2.24) is 5.32 Å². The van der Waals surface area contributed by atoms with Crippen LogP contribution in [-0.2, 0) is 0 Å². The minimum absolute atomic E-state index is 0.175. The first-order valence-corrected chi connectivity index (χ1v) is 6.60. The molecule has 4 nitrogen and oxygen atoms in total. The number of ether oxygens (including phenoxy) is 1. The summed E-state index contributed by atoms with van der Waals surface area (Å²) in [5, 5.41) is 6.56. The lowest BCUT2D eigenvalue weighted by Gasteiger charge is -2.23. The number of nitrogens with one attached hydrogen (secondary N) is 2. The Morgan fingerprint density at radius 1 is 1.22 bits per heavy atom. The summed E-state index contributed by atoms with van der Waals surface area (Å²) >= 11 is 0. The predicted molar refractivity (Wildman–Crippen MR) is 70.4 cm³/mol. The zero-order valence-corrected chi connectivity index (χ0v) is 10.4. The van der Waals surface area contributed by atoms with E-state index in [1.165, 1.54) is 0 Å².